The molecule has 0 bridgehead atoms. The van der Waals surface area contributed by atoms with Crippen LogP contribution in [0.3, 0.4) is 0 Å². The first kappa shape index (κ1) is 21.7. The minimum Gasteiger partial charge on any atom is -0.390 e. The van der Waals surface area contributed by atoms with E-state index >= 15 is 0 Å². The van der Waals surface area contributed by atoms with Crippen LogP contribution < -0.4 is 10.6 Å². The van der Waals surface area contributed by atoms with Gasteiger partial charge in [0, 0.05) is 30.5 Å². The monoisotopic (exact) mass is 455 g/mol. The average molecular weight is 456 g/mol. The van der Waals surface area contributed by atoms with Gasteiger partial charge in [-0.05, 0) is 71.9 Å². The van der Waals surface area contributed by atoms with Crippen molar-refractivity contribution >= 4 is 33.1 Å². The van der Waals surface area contributed by atoms with Crippen LogP contribution in [0.4, 0.5) is 11.5 Å². The Morgan fingerprint density at radius 2 is 2.06 bits per heavy atom. The van der Waals surface area contributed by atoms with Crippen molar-refractivity contribution < 1.29 is 9.84 Å². The summed E-state index contributed by atoms with van der Waals surface area (Å²) in [5.74, 6) is 0.854. The smallest absolute Gasteiger partial charge is 0.150 e. The SMILES string of the molecule is CC1(O)CC(Nc2cc(NC(C)(C)C)nc3cc(-c4ccnn4C4CCCCO4)sc23)C1. The van der Waals surface area contributed by atoms with Gasteiger partial charge in [-0.3, -0.25) is 0 Å². The van der Waals surface area contributed by atoms with Crippen molar-refractivity contribution in [2.24, 2.45) is 0 Å². The summed E-state index contributed by atoms with van der Waals surface area (Å²) in [7, 11) is 0. The number of aromatic nitrogens is 3. The highest BCUT2D eigenvalue weighted by Crippen LogP contribution is 2.42. The Balaban J connectivity index is 1.52. The van der Waals surface area contributed by atoms with Crippen LogP contribution in [0.25, 0.3) is 20.8 Å². The summed E-state index contributed by atoms with van der Waals surface area (Å²) in [6.07, 6.45) is 6.64. The molecule has 8 heteroatoms. The van der Waals surface area contributed by atoms with Gasteiger partial charge in [-0.25, -0.2) is 9.67 Å². The molecule has 3 aromatic heterocycles. The molecule has 2 fully saturated rings. The minimum absolute atomic E-state index is 0.000145. The van der Waals surface area contributed by atoms with Crippen molar-refractivity contribution in [3.8, 4) is 10.6 Å². The predicted molar refractivity (Wildman–Crippen MR) is 130 cm³/mol. The molecule has 4 heterocycles. The van der Waals surface area contributed by atoms with Gasteiger partial charge in [0.05, 0.1) is 32.1 Å². The molecule has 0 aromatic carbocycles. The second kappa shape index (κ2) is 8.01. The number of ether oxygens (including phenoxy) is 1. The Morgan fingerprint density at radius 1 is 1.25 bits per heavy atom. The van der Waals surface area contributed by atoms with Crippen molar-refractivity contribution in [3.05, 3.63) is 24.4 Å². The van der Waals surface area contributed by atoms with Crippen LogP contribution in [0, 0.1) is 0 Å². The molecule has 1 aliphatic heterocycles. The Bertz CT molecular complexity index is 1100. The molecule has 3 N–H and O–H groups in total. The molecule has 2 aliphatic rings. The fourth-order valence-corrected chi connectivity index (χ4v) is 5.78. The van der Waals surface area contributed by atoms with E-state index in [2.05, 4.69) is 54.7 Å². The number of thiophene rings is 1. The van der Waals surface area contributed by atoms with Crippen LogP contribution in [0.5, 0.6) is 0 Å². The third-order valence-electron chi connectivity index (χ3n) is 6.07. The molecule has 1 saturated carbocycles. The maximum absolute atomic E-state index is 10.2. The van der Waals surface area contributed by atoms with E-state index in [0.29, 0.717) is 0 Å². The van der Waals surface area contributed by atoms with Crippen LogP contribution in [0.1, 0.15) is 66.0 Å². The van der Waals surface area contributed by atoms with E-state index in [0.717, 1.165) is 64.6 Å². The van der Waals surface area contributed by atoms with Crippen molar-refractivity contribution in [1.29, 1.82) is 0 Å². The molecule has 1 unspecified atom stereocenters. The molecule has 1 aliphatic carbocycles. The van der Waals surface area contributed by atoms with Crippen LogP contribution in [0.15, 0.2) is 24.4 Å². The van der Waals surface area contributed by atoms with E-state index in [-0.39, 0.29) is 17.8 Å². The Hall–Kier alpha value is -2.16. The number of rotatable bonds is 5. The van der Waals surface area contributed by atoms with Crippen LogP contribution in [0.2, 0.25) is 0 Å². The first-order valence-corrected chi connectivity index (χ1v) is 12.4. The zero-order valence-corrected chi connectivity index (χ0v) is 20.1. The van der Waals surface area contributed by atoms with Gasteiger partial charge in [-0.1, -0.05) is 0 Å². The van der Waals surface area contributed by atoms with Gasteiger partial charge in [0.2, 0.25) is 0 Å². The number of fused-ring (bicyclic) bond motifs is 1. The van der Waals surface area contributed by atoms with Crippen molar-refractivity contribution in [2.45, 2.75) is 83.2 Å². The van der Waals surface area contributed by atoms with Gasteiger partial charge in [-0.15, -0.1) is 11.3 Å². The number of nitrogens with one attached hydrogen (secondary N) is 2. The normalized spacial score (nSPS) is 26.2. The lowest BCUT2D eigenvalue weighted by atomic mass is 9.77. The van der Waals surface area contributed by atoms with E-state index in [4.69, 9.17) is 9.72 Å². The Morgan fingerprint density at radius 3 is 2.75 bits per heavy atom. The van der Waals surface area contributed by atoms with Gasteiger partial charge in [0.1, 0.15) is 5.82 Å². The molecule has 0 amide bonds. The highest BCUT2D eigenvalue weighted by Gasteiger charge is 2.38. The summed E-state index contributed by atoms with van der Waals surface area (Å²) in [4.78, 5) is 6.06. The van der Waals surface area contributed by atoms with Crippen LogP contribution in [-0.2, 0) is 4.74 Å². The molecule has 7 nitrogen and oxygen atoms in total. The lowest BCUT2D eigenvalue weighted by Gasteiger charge is -2.41. The van der Waals surface area contributed by atoms with Gasteiger partial charge in [-0.2, -0.15) is 5.10 Å². The quantitative estimate of drug-likeness (QED) is 0.478. The summed E-state index contributed by atoms with van der Waals surface area (Å²) < 4.78 is 9.14. The summed E-state index contributed by atoms with van der Waals surface area (Å²) in [5.41, 5.74) is 2.45. The number of aliphatic hydroxyl groups is 1. The molecule has 0 radical (unpaired) electrons. The first-order valence-electron chi connectivity index (χ1n) is 11.5. The summed E-state index contributed by atoms with van der Waals surface area (Å²) >= 11 is 1.73. The lowest BCUT2D eigenvalue weighted by molar-refractivity contribution is -0.0383. The van der Waals surface area contributed by atoms with Crippen molar-refractivity contribution in [2.75, 3.05) is 17.2 Å². The van der Waals surface area contributed by atoms with Gasteiger partial charge >= 0.3 is 0 Å². The average Bonchev–Trinajstić information content (AvgIpc) is 3.32. The molecule has 3 aromatic rings. The van der Waals surface area contributed by atoms with Crippen LogP contribution in [-0.4, -0.2) is 43.7 Å². The highest BCUT2D eigenvalue weighted by atomic mass is 32.1. The second-order valence-electron chi connectivity index (χ2n) is 10.5. The molecule has 1 saturated heterocycles. The maximum Gasteiger partial charge on any atom is 0.150 e. The number of anilines is 2. The van der Waals surface area contributed by atoms with E-state index in [1.165, 1.54) is 6.42 Å². The zero-order chi connectivity index (χ0) is 22.5. The van der Waals surface area contributed by atoms with Crippen LogP contribution >= 0.6 is 11.3 Å². The minimum atomic E-state index is -0.566. The zero-order valence-electron chi connectivity index (χ0n) is 19.3. The molecule has 1 atom stereocenters. The summed E-state index contributed by atoms with van der Waals surface area (Å²) in [6.45, 7) is 9.10. The fraction of sp³-hybridized carbons (Fsp3) is 0.583. The first-order chi connectivity index (χ1) is 15.2. The predicted octanol–water partition coefficient (Wildman–Crippen LogP) is 5.39. The van der Waals surface area contributed by atoms with E-state index in [1.54, 1.807) is 11.3 Å². The van der Waals surface area contributed by atoms with Gasteiger partial charge in [0.15, 0.2) is 6.23 Å². The topological polar surface area (TPSA) is 84.2 Å². The van der Waals surface area contributed by atoms with Gasteiger partial charge in [0.25, 0.3) is 0 Å². The third kappa shape index (κ3) is 4.49. The van der Waals surface area contributed by atoms with Crippen molar-refractivity contribution in [1.82, 2.24) is 14.8 Å². The fourth-order valence-electron chi connectivity index (χ4n) is 4.68. The number of pyridine rings is 1. The maximum atomic E-state index is 10.2. The molecule has 32 heavy (non-hydrogen) atoms. The largest absolute Gasteiger partial charge is 0.390 e. The standard InChI is InChI=1S/C24H33N5O2S/c1-23(2,3)28-20-12-17(26-15-13-24(4,30)14-15)22-16(27-20)11-19(32-22)18-8-9-25-29(18)21-7-5-6-10-31-21/h8-9,11-12,15,21,30H,5-7,10,13-14H2,1-4H3,(H2,26,27,28). The van der Waals surface area contributed by atoms with E-state index < -0.39 is 5.60 Å². The highest BCUT2D eigenvalue weighted by molar-refractivity contribution is 7.22. The second-order valence-corrected chi connectivity index (χ2v) is 11.5. The Labute approximate surface area is 193 Å². The Kier molecular flexibility index (Phi) is 5.42. The third-order valence-corrected chi connectivity index (χ3v) is 7.25. The van der Waals surface area contributed by atoms with E-state index in [9.17, 15) is 5.11 Å². The molecular weight excluding hydrogens is 422 g/mol. The lowest BCUT2D eigenvalue weighted by Crippen LogP contribution is -2.48. The van der Waals surface area contributed by atoms with E-state index in [1.807, 2.05) is 17.8 Å². The summed E-state index contributed by atoms with van der Waals surface area (Å²) in [6, 6.07) is 6.59. The molecular formula is C24H33N5O2S. The molecule has 0 spiro atoms. The number of hydrogen-bond donors (Lipinski definition) is 3. The number of hydrogen-bond acceptors (Lipinski definition) is 7. The summed E-state index contributed by atoms with van der Waals surface area (Å²) in [5, 5.41) is 21.9. The molecule has 5 rings (SSSR count). The van der Waals surface area contributed by atoms with Gasteiger partial charge < -0.3 is 20.5 Å². The van der Waals surface area contributed by atoms with Crippen molar-refractivity contribution in [3.63, 3.8) is 0 Å². The molecule has 172 valence electrons. The number of nitrogens with zero attached hydrogens (tertiary/aromatic N) is 3.